The van der Waals surface area contributed by atoms with Crippen LogP contribution in [0.2, 0.25) is 0 Å². The summed E-state index contributed by atoms with van der Waals surface area (Å²) in [5.41, 5.74) is 1.29. The maximum atomic E-state index is 13.7. The van der Waals surface area contributed by atoms with E-state index in [1.807, 2.05) is 25.1 Å². The first-order valence-corrected chi connectivity index (χ1v) is 9.45. The van der Waals surface area contributed by atoms with Crippen molar-refractivity contribution in [3.63, 3.8) is 0 Å². The number of hydrogen-bond donors (Lipinski definition) is 0. The first-order valence-electron chi connectivity index (χ1n) is 9.45. The summed E-state index contributed by atoms with van der Waals surface area (Å²) in [6.07, 6.45) is 2.59. The fraction of sp³-hybridized carbons (Fsp3) is 0.476. The third-order valence-electron chi connectivity index (χ3n) is 5.45. The van der Waals surface area contributed by atoms with Crippen LogP contribution in [-0.2, 0) is 16.1 Å². The SMILES string of the molecule is COC(=O)C1(C)CCN(Cc2ccc(OC)c(-c3ncc(F)c(OC)n3)c2)CC1. The largest absolute Gasteiger partial charge is 0.496 e. The van der Waals surface area contributed by atoms with Crippen molar-refractivity contribution in [2.75, 3.05) is 34.4 Å². The molecule has 0 saturated carbocycles. The van der Waals surface area contributed by atoms with Gasteiger partial charge in [0.2, 0.25) is 5.82 Å². The van der Waals surface area contributed by atoms with E-state index in [9.17, 15) is 9.18 Å². The average Bonchev–Trinajstić information content (AvgIpc) is 2.75. The fourth-order valence-electron chi connectivity index (χ4n) is 3.57. The molecule has 0 bridgehead atoms. The molecule has 29 heavy (non-hydrogen) atoms. The number of halogens is 1. The molecule has 2 heterocycles. The van der Waals surface area contributed by atoms with Gasteiger partial charge in [0.1, 0.15) is 5.75 Å². The molecule has 3 rings (SSSR count). The van der Waals surface area contributed by atoms with Gasteiger partial charge in [0.15, 0.2) is 5.82 Å². The molecule has 156 valence electrons. The molecule has 8 heteroatoms. The lowest BCUT2D eigenvalue weighted by Crippen LogP contribution is -2.42. The van der Waals surface area contributed by atoms with E-state index in [1.54, 1.807) is 7.11 Å². The second-order valence-corrected chi connectivity index (χ2v) is 7.41. The van der Waals surface area contributed by atoms with Crippen LogP contribution in [0.5, 0.6) is 11.6 Å². The van der Waals surface area contributed by atoms with E-state index in [-0.39, 0.29) is 11.8 Å². The van der Waals surface area contributed by atoms with Gasteiger partial charge < -0.3 is 14.2 Å². The van der Waals surface area contributed by atoms with Crippen molar-refractivity contribution < 1.29 is 23.4 Å². The maximum absolute atomic E-state index is 13.7. The summed E-state index contributed by atoms with van der Waals surface area (Å²) < 4.78 is 29.0. The standard InChI is InChI=1S/C21H26FN3O4/c1-21(20(26)29-4)7-9-25(10-8-21)13-14-5-6-17(27-2)15(11-14)18-23-12-16(22)19(24-18)28-3/h5-6,11-12H,7-10,13H2,1-4H3. The Morgan fingerprint density at radius 2 is 1.93 bits per heavy atom. The van der Waals surface area contributed by atoms with Gasteiger partial charge in [-0.25, -0.2) is 4.98 Å². The van der Waals surface area contributed by atoms with Gasteiger partial charge >= 0.3 is 5.97 Å². The van der Waals surface area contributed by atoms with Crippen molar-refractivity contribution in [2.45, 2.75) is 26.3 Å². The Balaban J connectivity index is 1.79. The Hall–Kier alpha value is -2.74. The van der Waals surface area contributed by atoms with Crippen molar-refractivity contribution in [3.8, 4) is 23.0 Å². The molecule has 7 nitrogen and oxygen atoms in total. The van der Waals surface area contributed by atoms with Gasteiger partial charge in [-0.05, 0) is 50.6 Å². The first kappa shape index (κ1) is 21.0. The lowest BCUT2D eigenvalue weighted by atomic mass is 9.80. The van der Waals surface area contributed by atoms with Gasteiger partial charge in [-0.15, -0.1) is 0 Å². The number of carbonyl (C=O) groups is 1. The van der Waals surface area contributed by atoms with Crippen LogP contribution >= 0.6 is 0 Å². The topological polar surface area (TPSA) is 73.8 Å². The third kappa shape index (κ3) is 4.48. The molecular weight excluding hydrogens is 377 g/mol. The predicted octanol–water partition coefficient (Wildman–Crippen LogP) is 3.08. The summed E-state index contributed by atoms with van der Waals surface area (Å²) in [5.74, 6) is 0.0541. The highest BCUT2D eigenvalue weighted by atomic mass is 19.1. The third-order valence-corrected chi connectivity index (χ3v) is 5.45. The van der Waals surface area contributed by atoms with Gasteiger partial charge in [-0.1, -0.05) is 6.07 Å². The summed E-state index contributed by atoms with van der Waals surface area (Å²) in [4.78, 5) is 22.5. The van der Waals surface area contributed by atoms with Gasteiger partial charge in [0.05, 0.1) is 38.5 Å². The zero-order valence-corrected chi connectivity index (χ0v) is 17.2. The smallest absolute Gasteiger partial charge is 0.311 e. The van der Waals surface area contributed by atoms with Crippen LogP contribution < -0.4 is 9.47 Å². The predicted molar refractivity (Wildman–Crippen MR) is 105 cm³/mol. The summed E-state index contributed by atoms with van der Waals surface area (Å²) in [7, 11) is 4.37. The molecule has 1 fully saturated rings. The summed E-state index contributed by atoms with van der Waals surface area (Å²) in [6, 6.07) is 5.78. The summed E-state index contributed by atoms with van der Waals surface area (Å²) in [5, 5.41) is 0. The quantitative estimate of drug-likeness (QED) is 0.686. The Labute approximate surface area is 169 Å². The number of ether oxygens (including phenoxy) is 3. The van der Waals surface area contributed by atoms with E-state index in [0.29, 0.717) is 23.7 Å². The summed E-state index contributed by atoms with van der Waals surface area (Å²) in [6.45, 7) is 4.27. The van der Waals surface area contributed by atoms with Crippen LogP contribution in [0.1, 0.15) is 25.3 Å². The van der Waals surface area contributed by atoms with Crippen molar-refractivity contribution in [2.24, 2.45) is 5.41 Å². The normalized spacial score (nSPS) is 16.3. The Morgan fingerprint density at radius 1 is 1.21 bits per heavy atom. The minimum Gasteiger partial charge on any atom is -0.496 e. The van der Waals surface area contributed by atoms with Crippen molar-refractivity contribution in [1.82, 2.24) is 14.9 Å². The molecule has 0 N–H and O–H groups in total. The van der Waals surface area contributed by atoms with Crippen LogP contribution in [0, 0.1) is 11.2 Å². The van der Waals surface area contributed by atoms with E-state index in [4.69, 9.17) is 14.2 Å². The molecule has 0 atom stereocenters. The number of esters is 1. The van der Waals surface area contributed by atoms with Crippen LogP contribution in [0.3, 0.4) is 0 Å². The number of rotatable bonds is 6. The number of benzene rings is 1. The van der Waals surface area contributed by atoms with Crippen molar-refractivity contribution in [3.05, 3.63) is 35.8 Å². The van der Waals surface area contributed by atoms with Gasteiger partial charge in [-0.2, -0.15) is 9.37 Å². The molecule has 1 aromatic carbocycles. The number of piperidine rings is 1. The Bertz CT molecular complexity index is 882. The summed E-state index contributed by atoms with van der Waals surface area (Å²) >= 11 is 0. The van der Waals surface area contributed by atoms with Gasteiger partial charge in [-0.3, -0.25) is 9.69 Å². The highest BCUT2D eigenvalue weighted by molar-refractivity contribution is 5.76. The minimum absolute atomic E-state index is 0.111. The van der Waals surface area contributed by atoms with Gasteiger partial charge in [0, 0.05) is 6.54 Å². The Kier molecular flexibility index (Phi) is 6.32. The highest BCUT2D eigenvalue weighted by Gasteiger charge is 2.37. The van der Waals surface area contributed by atoms with E-state index in [1.165, 1.54) is 14.2 Å². The molecule has 1 aliphatic heterocycles. The number of nitrogens with zero attached hydrogens (tertiary/aromatic N) is 3. The molecule has 0 radical (unpaired) electrons. The van der Waals surface area contributed by atoms with Crippen LogP contribution in [0.4, 0.5) is 4.39 Å². The van der Waals surface area contributed by atoms with E-state index >= 15 is 0 Å². The average molecular weight is 403 g/mol. The van der Waals surface area contributed by atoms with Crippen LogP contribution in [0.25, 0.3) is 11.4 Å². The second kappa shape index (κ2) is 8.73. The molecule has 1 aromatic heterocycles. The number of aromatic nitrogens is 2. The van der Waals surface area contributed by atoms with Crippen molar-refractivity contribution >= 4 is 5.97 Å². The molecule has 0 amide bonds. The van der Waals surface area contributed by atoms with E-state index < -0.39 is 11.2 Å². The Morgan fingerprint density at radius 3 is 2.55 bits per heavy atom. The van der Waals surface area contributed by atoms with Gasteiger partial charge in [0.25, 0.3) is 5.88 Å². The second-order valence-electron chi connectivity index (χ2n) is 7.41. The number of methoxy groups -OCH3 is 3. The monoisotopic (exact) mass is 403 g/mol. The maximum Gasteiger partial charge on any atom is 0.311 e. The zero-order valence-electron chi connectivity index (χ0n) is 17.2. The molecule has 0 unspecified atom stereocenters. The lowest BCUT2D eigenvalue weighted by molar-refractivity contribution is -0.154. The molecule has 0 spiro atoms. The molecule has 1 saturated heterocycles. The molecule has 0 aliphatic carbocycles. The van der Waals surface area contributed by atoms with E-state index in [2.05, 4.69) is 14.9 Å². The van der Waals surface area contributed by atoms with Crippen molar-refractivity contribution in [1.29, 1.82) is 0 Å². The fourth-order valence-corrected chi connectivity index (χ4v) is 3.57. The molecule has 2 aromatic rings. The molecule has 1 aliphatic rings. The number of hydrogen-bond acceptors (Lipinski definition) is 7. The van der Waals surface area contributed by atoms with Crippen LogP contribution in [0.15, 0.2) is 24.4 Å². The number of carbonyl (C=O) groups excluding carboxylic acids is 1. The zero-order chi connectivity index (χ0) is 21.0. The molecular formula is C21H26FN3O4. The lowest BCUT2D eigenvalue weighted by Gasteiger charge is -2.37. The highest BCUT2D eigenvalue weighted by Crippen LogP contribution is 2.34. The van der Waals surface area contributed by atoms with Crippen LogP contribution in [-0.4, -0.2) is 55.3 Å². The first-order chi connectivity index (χ1) is 13.9. The number of likely N-dealkylation sites (tertiary alicyclic amines) is 1. The van der Waals surface area contributed by atoms with E-state index in [0.717, 1.165) is 37.7 Å². The minimum atomic E-state index is -0.617.